The summed E-state index contributed by atoms with van der Waals surface area (Å²) < 4.78 is 10.5. The highest BCUT2D eigenvalue weighted by molar-refractivity contribution is 5.96. The van der Waals surface area contributed by atoms with Gasteiger partial charge in [0.05, 0.1) is 24.5 Å². The molecule has 0 spiro atoms. The third kappa shape index (κ3) is 3.13. The predicted molar refractivity (Wildman–Crippen MR) is 103 cm³/mol. The summed E-state index contributed by atoms with van der Waals surface area (Å²) in [5, 5.41) is 4.00. The van der Waals surface area contributed by atoms with Crippen LogP contribution in [-0.2, 0) is 0 Å². The summed E-state index contributed by atoms with van der Waals surface area (Å²) in [6.07, 6.45) is 5.26. The van der Waals surface area contributed by atoms with Gasteiger partial charge in [0.2, 0.25) is 5.88 Å². The smallest absolute Gasteiger partial charge is 0.259 e. The summed E-state index contributed by atoms with van der Waals surface area (Å²) in [7, 11) is 1.52. The molecule has 4 heterocycles. The zero-order chi connectivity index (χ0) is 19.7. The van der Waals surface area contributed by atoms with Gasteiger partial charge >= 0.3 is 0 Å². The van der Waals surface area contributed by atoms with E-state index in [0.29, 0.717) is 18.0 Å². The van der Waals surface area contributed by atoms with Crippen molar-refractivity contribution in [3.63, 3.8) is 0 Å². The number of aromatic nitrogens is 3. The van der Waals surface area contributed by atoms with Gasteiger partial charge < -0.3 is 14.2 Å². The number of ether oxygens (including phenoxy) is 1. The molecule has 4 rings (SSSR count). The Morgan fingerprint density at radius 1 is 1.25 bits per heavy atom. The predicted octanol–water partition coefficient (Wildman–Crippen LogP) is 3.73. The Bertz CT molecular complexity index is 978. The maximum Gasteiger partial charge on any atom is 0.259 e. The highest BCUT2D eigenvalue weighted by Gasteiger charge is 2.33. The molecule has 1 atom stereocenters. The van der Waals surface area contributed by atoms with Crippen LogP contribution in [0.4, 0.5) is 0 Å². The van der Waals surface area contributed by atoms with Crippen molar-refractivity contribution in [3.8, 4) is 17.0 Å². The Balaban J connectivity index is 1.61. The third-order valence-electron chi connectivity index (χ3n) is 5.16. The van der Waals surface area contributed by atoms with Gasteiger partial charge in [-0.3, -0.25) is 9.78 Å². The van der Waals surface area contributed by atoms with Gasteiger partial charge in [0.25, 0.3) is 5.91 Å². The topological polar surface area (TPSA) is 81.4 Å². The van der Waals surface area contributed by atoms with Crippen LogP contribution in [0.15, 0.2) is 41.2 Å². The van der Waals surface area contributed by atoms with Crippen LogP contribution in [0.5, 0.6) is 5.88 Å². The highest BCUT2D eigenvalue weighted by Crippen LogP contribution is 2.34. The van der Waals surface area contributed by atoms with Crippen molar-refractivity contribution < 1.29 is 14.1 Å². The van der Waals surface area contributed by atoms with Crippen molar-refractivity contribution in [2.45, 2.75) is 32.7 Å². The van der Waals surface area contributed by atoms with E-state index in [-0.39, 0.29) is 11.9 Å². The molecule has 0 unspecified atom stereocenters. The van der Waals surface area contributed by atoms with Crippen LogP contribution in [0.3, 0.4) is 0 Å². The SMILES string of the molecule is COc1ncccc1C(=O)N1CCC[C@@H]1c1ccc(-c2c(C)noc2C)cn1. The molecular formula is C21H22N4O3. The van der Waals surface area contributed by atoms with Crippen molar-refractivity contribution in [3.05, 3.63) is 59.4 Å². The van der Waals surface area contributed by atoms with E-state index in [0.717, 1.165) is 41.1 Å². The molecule has 1 amide bonds. The number of carbonyl (C=O) groups is 1. The lowest BCUT2D eigenvalue weighted by molar-refractivity contribution is 0.0728. The summed E-state index contributed by atoms with van der Waals surface area (Å²) in [6, 6.07) is 7.43. The second-order valence-corrected chi connectivity index (χ2v) is 6.89. The fraction of sp³-hybridized carbons (Fsp3) is 0.333. The fourth-order valence-electron chi connectivity index (χ4n) is 3.83. The minimum Gasteiger partial charge on any atom is -0.480 e. The van der Waals surface area contributed by atoms with Gasteiger partial charge in [0.1, 0.15) is 11.3 Å². The van der Waals surface area contributed by atoms with E-state index < -0.39 is 0 Å². The minimum absolute atomic E-state index is 0.0591. The number of methoxy groups -OCH3 is 1. The van der Waals surface area contributed by atoms with E-state index in [2.05, 4.69) is 15.1 Å². The Morgan fingerprint density at radius 3 is 2.79 bits per heavy atom. The lowest BCUT2D eigenvalue weighted by atomic mass is 10.0. The molecule has 0 bridgehead atoms. The Morgan fingerprint density at radius 2 is 2.11 bits per heavy atom. The fourth-order valence-corrected chi connectivity index (χ4v) is 3.83. The van der Waals surface area contributed by atoms with E-state index >= 15 is 0 Å². The Labute approximate surface area is 163 Å². The maximum atomic E-state index is 13.1. The number of aryl methyl sites for hydroxylation is 2. The first kappa shape index (κ1) is 18.2. The third-order valence-corrected chi connectivity index (χ3v) is 5.16. The molecular weight excluding hydrogens is 356 g/mol. The molecule has 1 aliphatic heterocycles. The summed E-state index contributed by atoms with van der Waals surface area (Å²) in [6.45, 7) is 4.50. The van der Waals surface area contributed by atoms with Gasteiger partial charge in [0, 0.05) is 30.1 Å². The number of hydrogen-bond acceptors (Lipinski definition) is 6. The van der Waals surface area contributed by atoms with E-state index in [1.807, 2.05) is 37.1 Å². The number of amides is 1. The van der Waals surface area contributed by atoms with Crippen molar-refractivity contribution in [1.82, 2.24) is 20.0 Å². The quantitative estimate of drug-likeness (QED) is 0.688. The van der Waals surface area contributed by atoms with E-state index in [4.69, 9.17) is 9.26 Å². The average Bonchev–Trinajstić information content (AvgIpc) is 3.34. The monoisotopic (exact) mass is 378 g/mol. The van der Waals surface area contributed by atoms with Crippen LogP contribution in [0.1, 0.15) is 46.4 Å². The Hall–Kier alpha value is -3.22. The van der Waals surface area contributed by atoms with Crippen molar-refractivity contribution in [2.24, 2.45) is 0 Å². The molecule has 7 heteroatoms. The second kappa shape index (κ2) is 7.42. The maximum absolute atomic E-state index is 13.1. The largest absolute Gasteiger partial charge is 0.480 e. The van der Waals surface area contributed by atoms with Crippen LogP contribution in [-0.4, -0.2) is 39.6 Å². The summed E-state index contributed by atoms with van der Waals surface area (Å²) in [4.78, 5) is 23.8. The molecule has 0 aliphatic carbocycles. The van der Waals surface area contributed by atoms with E-state index in [1.165, 1.54) is 7.11 Å². The molecule has 0 N–H and O–H groups in total. The van der Waals surface area contributed by atoms with Crippen LogP contribution in [0, 0.1) is 13.8 Å². The van der Waals surface area contributed by atoms with Crippen molar-refractivity contribution in [2.75, 3.05) is 13.7 Å². The van der Waals surface area contributed by atoms with Crippen molar-refractivity contribution in [1.29, 1.82) is 0 Å². The highest BCUT2D eigenvalue weighted by atomic mass is 16.5. The summed E-state index contributed by atoms with van der Waals surface area (Å²) in [5.41, 5.74) is 4.13. The first-order valence-electron chi connectivity index (χ1n) is 9.29. The summed E-state index contributed by atoms with van der Waals surface area (Å²) >= 11 is 0. The van der Waals surface area contributed by atoms with Gasteiger partial charge in [-0.15, -0.1) is 0 Å². The molecule has 0 aromatic carbocycles. The van der Waals surface area contributed by atoms with E-state index in [9.17, 15) is 4.79 Å². The van der Waals surface area contributed by atoms with Gasteiger partial charge in [-0.25, -0.2) is 4.98 Å². The van der Waals surface area contributed by atoms with Gasteiger partial charge in [0.15, 0.2) is 0 Å². The van der Waals surface area contributed by atoms with E-state index in [1.54, 1.807) is 18.3 Å². The second-order valence-electron chi connectivity index (χ2n) is 6.89. The number of hydrogen-bond donors (Lipinski definition) is 0. The molecule has 7 nitrogen and oxygen atoms in total. The molecule has 1 aliphatic rings. The molecule has 1 saturated heterocycles. The first-order chi connectivity index (χ1) is 13.6. The normalized spacial score (nSPS) is 16.4. The molecule has 0 radical (unpaired) electrons. The van der Waals surface area contributed by atoms with Gasteiger partial charge in [-0.1, -0.05) is 11.2 Å². The molecule has 144 valence electrons. The molecule has 28 heavy (non-hydrogen) atoms. The van der Waals surface area contributed by atoms with Crippen molar-refractivity contribution >= 4 is 5.91 Å². The molecule has 1 fully saturated rings. The number of rotatable bonds is 4. The number of pyridine rings is 2. The standard InChI is InChI=1S/C21H22N4O3/c1-13-19(14(2)28-24-13)15-8-9-17(23-12-15)18-7-5-11-25(18)21(26)16-6-4-10-22-20(16)27-3/h4,6,8-10,12,18H,5,7,11H2,1-3H3/t18-/m1/s1. The van der Waals surface area contributed by atoms with Gasteiger partial charge in [-0.05, 0) is 44.9 Å². The lowest BCUT2D eigenvalue weighted by Crippen LogP contribution is -2.31. The summed E-state index contributed by atoms with van der Waals surface area (Å²) in [5.74, 6) is 1.04. The minimum atomic E-state index is -0.0796. The number of nitrogens with zero attached hydrogens (tertiary/aromatic N) is 4. The number of likely N-dealkylation sites (tertiary alicyclic amines) is 1. The average molecular weight is 378 g/mol. The molecule has 0 saturated carbocycles. The zero-order valence-electron chi connectivity index (χ0n) is 16.2. The number of carbonyl (C=O) groups excluding carboxylic acids is 1. The Kier molecular flexibility index (Phi) is 4.81. The van der Waals surface area contributed by atoms with Crippen LogP contribution in [0.25, 0.3) is 11.1 Å². The van der Waals surface area contributed by atoms with Gasteiger partial charge in [-0.2, -0.15) is 0 Å². The first-order valence-corrected chi connectivity index (χ1v) is 9.29. The lowest BCUT2D eigenvalue weighted by Gasteiger charge is -2.25. The van der Waals surface area contributed by atoms with Crippen LogP contribution < -0.4 is 4.74 Å². The zero-order valence-corrected chi connectivity index (χ0v) is 16.2. The molecule has 3 aromatic heterocycles. The van der Waals surface area contributed by atoms with Crippen LogP contribution >= 0.6 is 0 Å². The molecule has 3 aromatic rings. The van der Waals surface area contributed by atoms with Crippen LogP contribution in [0.2, 0.25) is 0 Å².